The summed E-state index contributed by atoms with van der Waals surface area (Å²) in [5, 5.41) is 44.9. The van der Waals surface area contributed by atoms with Crippen LogP contribution in [0.15, 0.2) is 73.3 Å². The molecule has 0 aliphatic rings. The van der Waals surface area contributed by atoms with Gasteiger partial charge in [0.1, 0.15) is 28.4 Å². The van der Waals surface area contributed by atoms with Gasteiger partial charge in [-0.1, -0.05) is 28.7 Å². The molecule has 6 rings (SSSR count). The lowest BCUT2D eigenvalue weighted by molar-refractivity contribution is 0.0526. The number of aromatic carboxylic acids is 1. The molecule has 6 aromatic rings. The van der Waals surface area contributed by atoms with E-state index in [1.165, 1.54) is 12.4 Å². The molecule has 61 heavy (non-hydrogen) atoms. The van der Waals surface area contributed by atoms with Crippen LogP contribution in [0.25, 0.3) is 21.8 Å². The Morgan fingerprint density at radius 2 is 1.16 bits per heavy atom. The summed E-state index contributed by atoms with van der Waals surface area (Å²) in [6.07, 6.45) is 7.85. The minimum absolute atomic E-state index is 0. The van der Waals surface area contributed by atoms with E-state index in [-0.39, 0.29) is 26.3 Å². The van der Waals surface area contributed by atoms with E-state index < -0.39 is 17.7 Å². The van der Waals surface area contributed by atoms with Crippen molar-refractivity contribution in [1.82, 2.24) is 51.0 Å². The zero-order valence-corrected chi connectivity index (χ0v) is 33.5. The summed E-state index contributed by atoms with van der Waals surface area (Å²) in [6, 6.07) is 15.0. The first-order valence-electron chi connectivity index (χ1n) is 19.1. The number of rotatable bonds is 16. The fourth-order valence-corrected chi connectivity index (χ4v) is 5.24. The third kappa shape index (κ3) is 14.8. The Balaban J connectivity index is 0.000000335. The lowest BCUT2D eigenvalue weighted by Crippen LogP contribution is -2.34. The Hall–Kier alpha value is -7.31. The quantitative estimate of drug-likeness (QED) is 0.0463. The molecule has 324 valence electrons. The highest BCUT2D eigenvalue weighted by molar-refractivity contribution is 5.98. The zero-order valence-electron chi connectivity index (χ0n) is 33.5. The van der Waals surface area contributed by atoms with Crippen LogP contribution in [-0.2, 0) is 4.74 Å². The smallest absolute Gasteiger partial charge is 0.407 e. The molecule has 0 aliphatic heterocycles. The molecule has 0 saturated carbocycles. The Morgan fingerprint density at radius 1 is 0.672 bits per heavy atom. The summed E-state index contributed by atoms with van der Waals surface area (Å²) in [5.41, 5.74) is 2.99. The van der Waals surface area contributed by atoms with E-state index in [1.807, 2.05) is 62.4 Å². The van der Waals surface area contributed by atoms with Gasteiger partial charge in [0.15, 0.2) is 0 Å². The number of benzene rings is 2. The lowest BCUT2D eigenvalue weighted by atomic mass is 10.2. The number of ether oxygens (including phenoxy) is 1. The Kier molecular flexibility index (Phi) is 18.4. The molecular formula is C42H56N14O5. The predicted molar refractivity (Wildman–Crippen MR) is 239 cm³/mol. The van der Waals surface area contributed by atoms with Gasteiger partial charge in [0.2, 0.25) is 11.9 Å². The van der Waals surface area contributed by atoms with Gasteiger partial charge >= 0.3 is 12.1 Å². The van der Waals surface area contributed by atoms with E-state index >= 15 is 0 Å². The lowest BCUT2D eigenvalue weighted by Gasteiger charge is -2.19. The number of amides is 2. The number of carbonyl (C=O) groups excluding carboxylic acids is 2. The number of anilines is 6. The van der Waals surface area contributed by atoms with Gasteiger partial charge in [-0.05, 0) is 88.6 Å². The number of hydrogen-bond donors (Lipinski definition) is 7. The highest BCUT2D eigenvalue weighted by Crippen LogP contribution is 2.23. The number of aromatic nitrogens is 8. The fraction of sp³-hybridized carbons (Fsp3) is 0.357. The van der Waals surface area contributed by atoms with Crippen molar-refractivity contribution in [2.75, 3.05) is 47.4 Å². The van der Waals surface area contributed by atoms with Gasteiger partial charge in [-0.25, -0.2) is 19.6 Å². The molecular weight excluding hydrogens is 781 g/mol. The van der Waals surface area contributed by atoms with Gasteiger partial charge in [0, 0.05) is 60.7 Å². The van der Waals surface area contributed by atoms with Crippen molar-refractivity contribution in [3.63, 3.8) is 0 Å². The van der Waals surface area contributed by atoms with Crippen LogP contribution in [0, 0.1) is 0 Å². The molecule has 0 radical (unpaired) electrons. The van der Waals surface area contributed by atoms with Crippen LogP contribution in [0.2, 0.25) is 0 Å². The van der Waals surface area contributed by atoms with Crippen LogP contribution in [-0.4, -0.2) is 95.2 Å². The maximum atomic E-state index is 12.8. The summed E-state index contributed by atoms with van der Waals surface area (Å²) < 4.78 is 5.19. The van der Waals surface area contributed by atoms with Crippen molar-refractivity contribution in [3.8, 4) is 0 Å². The third-order valence-corrected chi connectivity index (χ3v) is 7.98. The molecule has 7 N–H and O–H groups in total. The summed E-state index contributed by atoms with van der Waals surface area (Å²) >= 11 is 0. The second kappa shape index (κ2) is 23.3. The molecule has 0 atom stereocenters. The summed E-state index contributed by atoms with van der Waals surface area (Å²) in [6.45, 7) is 11.5. The molecule has 2 aromatic carbocycles. The van der Waals surface area contributed by atoms with Crippen molar-refractivity contribution >= 4 is 74.7 Å². The number of hydrogen-bond acceptors (Lipinski definition) is 16. The van der Waals surface area contributed by atoms with Crippen LogP contribution in [0.3, 0.4) is 0 Å². The van der Waals surface area contributed by atoms with E-state index in [9.17, 15) is 19.5 Å². The third-order valence-electron chi connectivity index (χ3n) is 7.98. The molecule has 0 unspecified atom stereocenters. The monoisotopic (exact) mass is 836 g/mol. The molecule has 4 aromatic heterocycles. The SMILES string of the molecule is C.C.CCCNc1nc(Nc2ccc3nnccc3c2)ncc1C(=O)NCCCNC(=O)OC(C)(C)C.CCCNc1nc(Nc2ccc3nnccc3c2)ncc1C(=O)O. The first-order valence-corrected chi connectivity index (χ1v) is 19.1. The van der Waals surface area contributed by atoms with E-state index in [1.54, 1.807) is 33.2 Å². The van der Waals surface area contributed by atoms with Crippen molar-refractivity contribution in [1.29, 1.82) is 0 Å². The Bertz CT molecular complexity index is 2370. The number of alkyl carbamates (subject to hydrolysis) is 1. The minimum Gasteiger partial charge on any atom is -0.477 e. The summed E-state index contributed by atoms with van der Waals surface area (Å²) in [5.74, 6) is 0.0677. The molecule has 4 heterocycles. The maximum Gasteiger partial charge on any atom is 0.407 e. The van der Waals surface area contributed by atoms with Gasteiger partial charge in [-0.2, -0.15) is 30.4 Å². The first-order chi connectivity index (χ1) is 28.4. The molecule has 0 saturated heterocycles. The topological polar surface area (TPSA) is 256 Å². The van der Waals surface area contributed by atoms with Gasteiger partial charge in [0.05, 0.1) is 23.4 Å². The molecule has 0 bridgehead atoms. The van der Waals surface area contributed by atoms with E-state index in [2.05, 4.69) is 72.2 Å². The van der Waals surface area contributed by atoms with Crippen molar-refractivity contribution in [3.05, 3.63) is 84.4 Å². The molecule has 19 nitrogen and oxygen atoms in total. The maximum absolute atomic E-state index is 12.8. The van der Waals surface area contributed by atoms with Crippen molar-refractivity contribution in [2.45, 2.75) is 74.3 Å². The summed E-state index contributed by atoms with van der Waals surface area (Å²) in [7, 11) is 0. The van der Waals surface area contributed by atoms with Crippen LogP contribution in [0.1, 0.15) is 89.5 Å². The van der Waals surface area contributed by atoms with Gasteiger partial charge in [-0.15, -0.1) is 0 Å². The number of nitrogens with one attached hydrogen (secondary N) is 6. The molecule has 19 heteroatoms. The highest BCUT2D eigenvalue weighted by Gasteiger charge is 2.17. The van der Waals surface area contributed by atoms with Crippen LogP contribution < -0.4 is 31.9 Å². The number of carbonyl (C=O) groups is 3. The Morgan fingerprint density at radius 3 is 1.66 bits per heavy atom. The molecule has 2 amide bonds. The zero-order chi connectivity index (χ0) is 42.2. The van der Waals surface area contributed by atoms with Crippen LogP contribution in [0.4, 0.5) is 39.7 Å². The van der Waals surface area contributed by atoms with E-state index in [0.29, 0.717) is 61.7 Å². The Labute approximate surface area is 355 Å². The summed E-state index contributed by atoms with van der Waals surface area (Å²) in [4.78, 5) is 52.9. The highest BCUT2D eigenvalue weighted by atomic mass is 16.6. The van der Waals surface area contributed by atoms with Crippen LogP contribution >= 0.6 is 0 Å². The molecule has 0 spiro atoms. The van der Waals surface area contributed by atoms with Gasteiger partial charge in [-0.3, -0.25) is 4.79 Å². The number of fused-ring (bicyclic) bond motifs is 2. The number of nitrogens with zero attached hydrogens (tertiary/aromatic N) is 8. The second-order valence-electron chi connectivity index (χ2n) is 14.0. The average molecular weight is 837 g/mol. The number of carboxylic acids is 1. The van der Waals surface area contributed by atoms with Gasteiger partial charge < -0.3 is 41.7 Å². The normalized spacial score (nSPS) is 10.5. The largest absolute Gasteiger partial charge is 0.477 e. The average Bonchev–Trinajstić information content (AvgIpc) is 3.21. The van der Waals surface area contributed by atoms with Gasteiger partial charge in [0.25, 0.3) is 5.91 Å². The fourth-order valence-electron chi connectivity index (χ4n) is 5.24. The van der Waals surface area contributed by atoms with E-state index in [0.717, 1.165) is 46.0 Å². The van der Waals surface area contributed by atoms with Crippen molar-refractivity contribution in [2.24, 2.45) is 0 Å². The van der Waals surface area contributed by atoms with E-state index in [4.69, 9.17) is 4.74 Å². The molecule has 0 fully saturated rings. The molecule has 0 aliphatic carbocycles. The standard InChI is InChI=1S/C24H32N8O3.C16H16N6O2.2CH4/c1-5-10-25-20-18(21(33)26-11-6-12-27-23(34)35-24(2,3)4)15-28-22(31-20)30-17-7-8-19-16(14-17)9-13-29-32-19;1-2-6-17-14-12(15(23)24)9-18-16(21-14)20-11-3-4-13-10(8-11)5-7-19-22-13;;/h7-9,13-15H,5-6,10-12H2,1-4H3,(H,26,33)(H,27,34)(H2,25,28,30,31);3-5,7-9H,2,6H2,1H3,(H,23,24)(H2,17,18,20,21);2*1H4. The minimum atomic E-state index is -1.07. The first kappa shape index (κ1) is 48.1. The van der Waals surface area contributed by atoms with Crippen LogP contribution in [0.5, 0.6) is 0 Å². The predicted octanol–water partition coefficient (Wildman–Crippen LogP) is 7.59. The number of carboxylic acid groups (broad SMARTS) is 1. The second-order valence-corrected chi connectivity index (χ2v) is 14.0. The van der Waals surface area contributed by atoms with Crippen molar-refractivity contribution < 1.29 is 24.2 Å².